The second-order valence-corrected chi connectivity index (χ2v) is 9.15. The topological polar surface area (TPSA) is 69.7 Å². The van der Waals surface area contributed by atoms with Crippen LogP contribution in [0.4, 0.5) is 31.9 Å². The molecule has 1 aromatic carbocycles. The Kier molecular flexibility index (Phi) is 6.38. The smallest absolute Gasteiger partial charge is 0.227 e. The lowest BCUT2D eigenvalue weighted by molar-refractivity contribution is 0.287. The van der Waals surface area contributed by atoms with Gasteiger partial charge in [0.25, 0.3) is 0 Å². The minimum atomic E-state index is -0.633. The first kappa shape index (κ1) is 23.2. The number of ether oxygens (including phenoxy) is 1. The van der Waals surface area contributed by atoms with Crippen molar-refractivity contribution in [2.45, 2.75) is 19.9 Å². The minimum absolute atomic E-state index is 0.0143. The van der Waals surface area contributed by atoms with Gasteiger partial charge in [0.05, 0.1) is 30.3 Å². The molecule has 2 aliphatic rings. The molecule has 0 atom stereocenters. The highest BCUT2D eigenvalue weighted by Gasteiger charge is 2.25. The van der Waals surface area contributed by atoms with Crippen molar-refractivity contribution in [2.24, 2.45) is 0 Å². The van der Waals surface area contributed by atoms with Gasteiger partial charge < -0.3 is 24.8 Å². The van der Waals surface area contributed by atoms with Crippen molar-refractivity contribution in [3.05, 3.63) is 48.3 Å². The lowest BCUT2D eigenvalue weighted by atomic mass is 10.1. The van der Waals surface area contributed by atoms with Crippen molar-refractivity contribution in [1.29, 1.82) is 0 Å². The second kappa shape index (κ2) is 9.61. The summed E-state index contributed by atoms with van der Waals surface area (Å²) in [5.41, 5.74) is 1.61. The van der Waals surface area contributed by atoms with Gasteiger partial charge in [-0.15, -0.1) is 0 Å². The maximum absolute atomic E-state index is 14.9. The molecule has 0 aliphatic carbocycles. The predicted octanol–water partition coefficient (Wildman–Crippen LogP) is 3.92. The number of nitrogens with one attached hydrogen (secondary N) is 1. The molecule has 1 fully saturated rings. The minimum Gasteiger partial charge on any atom is -0.486 e. The summed E-state index contributed by atoms with van der Waals surface area (Å²) in [5.74, 6) is 0.120. The SMILES string of the molecule is CC(C)N1CCOc2c(F)cc(-c3nc(Nc4ccc(N5CCN(C)CC5)nc4)ncc3F)cc21. The zero-order chi connectivity index (χ0) is 24.5. The molecule has 0 amide bonds. The third-order valence-corrected chi connectivity index (χ3v) is 6.38. The van der Waals surface area contributed by atoms with Crippen LogP contribution in [0, 0.1) is 11.6 Å². The van der Waals surface area contributed by atoms with Gasteiger partial charge in [-0.3, -0.25) is 0 Å². The maximum atomic E-state index is 14.9. The number of halogens is 2. The van der Waals surface area contributed by atoms with Gasteiger partial charge in [0, 0.05) is 37.8 Å². The molecule has 0 unspecified atom stereocenters. The number of hydrogen-bond acceptors (Lipinski definition) is 8. The van der Waals surface area contributed by atoms with Gasteiger partial charge in [-0.2, -0.15) is 0 Å². The number of nitrogens with zero attached hydrogens (tertiary/aromatic N) is 6. The summed E-state index contributed by atoms with van der Waals surface area (Å²) in [6.45, 7) is 8.93. The van der Waals surface area contributed by atoms with E-state index in [2.05, 4.69) is 37.1 Å². The molecule has 3 aromatic rings. The fraction of sp³-hybridized carbons (Fsp3) is 0.400. The van der Waals surface area contributed by atoms with Crippen molar-refractivity contribution in [3.8, 4) is 17.0 Å². The van der Waals surface area contributed by atoms with Gasteiger partial charge in [0.2, 0.25) is 5.95 Å². The van der Waals surface area contributed by atoms with Crippen LogP contribution in [-0.2, 0) is 0 Å². The van der Waals surface area contributed by atoms with Crippen molar-refractivity contribution in [1.82, 2.24) is 19.9 Å². The number of rotatable bonds is 5. The van der Waals surface area contributed by atoms with Crippen LogP contribution in [0.25, 0.3) is 11.3 Å². The molecule has 0 bridgehead atoms. The van der Waals surface area contributed by atoms with Crippen molar-refractivity contribution in [2.75, 3.05) is 61.5 Å². The molecule has 0 radical (unpaired) electrons. The van der Waals surface area contributed by atoms with E-state index >= 15 is 0 Å². The number of pyridine rings is 1. The highest BCUT2D eigenvalue weighted by atomic mass is 19.1. The average molecular weight is 482 g/mol. The van der Waals surface area contributed by atoms with Crippen molar-refractivity contribution >= 4 is 23.1 Å². The zero-order valence-corrected chi connectivity index (χ0v) is 20.1. The number of anilines is 4. The normalized spacial score (nSPS) is 16.3. The molecule has 1 N–H and O–H groups in total. The Labute approximate surface area is 203 Å². The summed E-state index contributed by atoms with van der Waals surface area (Å²) in [4.78, 5) is 19.5. The van der Waals surface area contributed by atoms with E-state index in [9.17, 15) is 8.78 Å². The Balaban J connectivity index is 1.39. The van der Waals surface area contributed by atoms with Gasteiger partial charge in [0.1, 0.15) is 18.1 Å². The molecular formula is C25H29F2N7O. The average Bonchev–Trinajstić information content (AvgIpc) is 2.86. The van der Waals surface area contributed by atoms with Gasteiger partial charge >= 0.3 is 0 Å². The Bertz CT molecular complexity index is 1200. The van der Waals surface area contributed by atoms with Crippen LogP contribution in [0.2, 0.25) is 0 Å². The fourth-order valence-electron chi connectivity index (χ4n) is 4.42. The van der Waals surface area contributed by atoms with Crippen LogP contribution in [0.5, 0.6) is 5.75 Å². The molecule has 184 valence electrons. The third-order valence-electron chi connectivity index (χ3n) is 6.38. The monoisotopic (exact) mass is 481 g/mol. The molecule has 2 aromatic heterocycles. The van der Waals surface area contributed by atoms with E-state index in [4.69, 9.17) is 4.74 Å². The van der Waals surface area contributed by atoms with Crippen LogP contribution < -0.4 is 19.9 Å². The Morgan fingerprint density at radius 2 is 1.77 bits per heavy atom. The number of benzene rings is 1. The standard InChI is InChI=1S/C25H29F2N7O/c1-16(2)34-10-11-35-24-19(26)12-17(13-21(24)34)23-20(27)15-29-25(31-23)30-18-4-5-22(28-14-18)33-8-6-32(3)7-9-33/h4-5,12-16H,6-11H2,1-3H3,(H,29,30,31). The van der Waals surface area contributed by atoms with Gasteiger partial charge in [-0.25, -0.2) is 23.7 Å². The van der Waals surface area contributed by atoms with Gasteiger partial charge in [0.15, 0.2) is 17.4 Å². The van der Waals surface area contributed by atoms with Crippen LogP contribution in [0.1, 0.15) is 13.8 Å². The molecule has 10 heteroatoms. The summed E-state index contributed by atoms with van der Waals surface area (Å²) < 4.78 is 35.2. The van der Waals surface area contributed by atoms with Crippen LogP contribution >= 0.6 is 0 Å². The first-order valence-corrected chi connectivity index (χ1v) is 11.8. The summed E-state index contributed by atoms with van der Waals surface area (Å²) in [7, 11) is 2.11. The number of likely N-dealkylation sites (N-methyl/N-ethyl adjacent to an activating group) is 1. The van der Waals surface area contributed by atoms with E-state index in [-0.39, 0.29) is 23.4 Å². The lowest BCUT2D eigenvalue weighted by Gasteiger charge is -2.34. The summed E-state index contributed by atoms with van der Waals surface area (Å²) in [6.07, 6.45) is 2.79. The van der Waals surface area contributed by atoms with E-state index < -0.39 is 11.6 Å². The van der Waals surface area contributed by atoms with Crippen LogP contribution in [0.15, 0.2) is 36.7 Å². The first-order valence-electron chi connectivity index (χ1n) is 11.8. The highest BCUT2D eigenvalue weighted by Crippen LogP contribution is 2.39. The quantitative estimate of drug-likeness (QED) is 0.588. The van der Waals surface area contributed by atoms with Crippen molar-refractivity contribution < 1.29 is 13.5 Å². The van der Waals surface area contributed by atoms with Crippen LogP contribution in [0.3, 0.4) is 0 Å². The second-order valence-electron chi connectivity index (χ2n) is 9.15. The third kappa shape index (κ3) is 4.84. The molecular weight excluding hydrogens is 452 g/mol. The molecule has 4 heterocycles. The Morgan fingerprint density at radius 3 is 2.49 bits per heavy atom. The Morgan fingerprint density at radius 1 is 0.971 bits per heavy atom. The number of aromatic nitrogens is 3. The van der Waals surface area contributed by atoms with Crippen molar-refractivity contribution in [3.63, 3.8) is 0 Å². The maximum Gasteiger partial charge on any atom is 0.227 e. The first-order chi connectivity index (χ1) is 16.9. The molecule has 0 spiro atoms. The highest BCUT2D eigenvalue weighted by molar-refractivity contribution is 5.73. The number of hydrogen-bond donors (Lipinski definition) is 1. The summed E-state index contributed by atoms with van der Waals surface area (Å²) in [6, 6.07) is 6.95. The predicted molar refractivity (Wildman–Crippen MR) is 133 cm³/mol. The molecule has 0 saturated carbocycles. The van der Waals surface area contributed by atoms with E-state index in [1.807, 2.05) is 30.9 Å². The molecule has 35 heavy (non-hydrogen) atoms. The van der Waals surface area contributed by atoms with E-state index in [0.717, 1.165) is 38.2 Å². The molecule has 8 nitrogen and oxygen atoms in total. The summed E-state index contributed by atoms with van der Waals surface area (Å²) in [5, 5.41) is 3.08. The summed E-state index contributed by atoms with van der Waals surface area (Å²) >= 11 is 0. The molecule has 5 rings (SSSR count). The lowest BCUT2D eigenvalue weighted by Crippen LogP contribution is -2.44. The number of fused-ring (bicyclic) bond motifs is 1. The van der Waals surface area contributed by atoms with Crippen LogP contribution in [-0.4, -0.2) is 72.3 Å². The largest absolute Gasteiger partial charge is 0.486 e. The number of piperazine rings is 1. The van der Waals surface area contributed by atoms with Gasteiger partial charge in [-0.1, -0.05) is 0 Å². The van der Waals surface area contributed by atoms with Gasteiger partial charge in [-0.05, 0) is 45.2 Å². The zero-order valence-electron chi connectivity index (χ0n) is 20.1. The van der Waals surface area contributed by atoms with E-state index in [1.54, 1.807) is 12.3 Å². The Hall–Kier alpha value is -3.53. The van der Waals surface area contributed by atoms with E-state index in [0.29, 0.717) is 30.1 Å². The van der Waals surface area contributed by atoms with E-state index in [1.165, 1.54) is 6.07 Å². The molecule has 1 saturated heterocycles. The fourth-order valence-corrected chi connectivity index (χ4v) is 4.42. The molecule has 2 aliphatic heterocycles.